The lowest BCUT2D eigenvalue weighted by Gasteiger charge is -2.48. The zero-order chi connectivity index (χ0) is 57.1. The van der Waals surface area contributed by atoms with E-state index in [-0.39, 0.29) is 59.4 Å². The SMILES string of the molecule is COc1ccc(COCO[C@H](CC[C@H](C)[C@H](C[C@H](O[Si](c2ccccc2)(c2ccccc2)C(C)(C)C)[C@H](C)CO[Si](c2ccccc2)(c2ccccc2)C(C)(C)C)OC)[C@H](C)[C@H](OC(C)=O)[C@H](C)/C=C/N(C)C=O)cc1OC. The van der Waals surface area contributed by atoms with Gasteiger partial charge in [0, 0.05) is 51.6 Å². The Hall–Kier alpha value is -5.39. The highest BCUT2D eigenvalue weighted by molar-refractivity contribution is 7.00. The highest BCUT2D eigenvalue weighted by atomic mass is 28.4. The second kappa shape index (κ2) is 29.7. The fourth-order valence-electron chi connectivity index (χ4n) is 11.1. The molecule has 0 heterocycles. The van der Waals surface area contributed by atoms with Crippen LogP contribution >= 0.6 is 0 Å². The molecular weight excluding hydrogens is 1010 g/mol. The third-order valence-corrected chi connectivity index (χ3v) is 25.5. The summed E-state index contributed by atoms with van der Waals surface area (Å²) in [5.41, 5.74) is 0.897. The molecule has 0 fully saturated rings. The number of carbonyl (C=O) groups is 2. The standard InChI is InChI=1S/C65H91NO10Si2/c1-48(36-38-58(51(4)63(75-52(5)68)49(2)40-41-66(12)46-67)73-47-72-45-53-37-39-59(69-13)62(42-53)71-15)60(70-14)43-61(76-78(65(9,10)11,56-32-24-18-25-33-56)57-34-26-19-27-35-57)50(3)44-74-77(64(6,7)8,54-28-20-16-21-29-54)55-30-22-17-23-31-55/h16-35,37,39-42,46,48-51,58,60-61,63H,36,38,43-45,47H2,1-15H3/b41-40+/t48-,49+,50+,51-,58+,60-,61-,63+/m0/s1. The van der Waals surface area contributed by atoms with Gasteiger partial charge in [-0.1, -0.05) is 203 Å². The van der Waals surface area contributed by atoms with Crippen molar-refractivity contribution >= 4 is 49.8 Å². The average Bonchev–Trinajstić information content (AvgIpc) is 3.43. The van der Waals surface area contributed by atoms with Crippen molar-refractivity contribution in [2.75, 3.05) is 41.8 Å². The maximum Gasteiger partial charge on any atom is 0.302 e. The van der Waals surface area contributed by atoms with Gasteiger partial charge in [0.05, 0.1) is 39.1 Å². The van der Waals surface area contributed by atoms with Crippen molar-refractivity contribution in [2.24, 2.45) is 23.7 Å². The molecule has 0 aliphatic rings. The van der Waals surface area contributed by atoms with Crippen LogP contribution in [0.1, 0.15) is 101 Å². The van der Waals surface area contributed by atoms with Gasteiger partial charge >= 0.3 is 5.97 Å². The van der Waals surface area contributed by atoms with Crippen molar-refractivity contribution in [1.82, 2.24) is 4.90 Å². The lowest BCUT2D eigenvalue weighted by molar-refractivity contribution is -0.162. The molecule has 0 saturated carbocycles. The minimum atomic E-state index is -3.10. The summed E-state index contributed by atoms with van der Waals surface area (Å²) in [5.74, 6) is 0.273. The van der Waals surface area contributed by atoms with Crippen molar-refractivity contribution < 1.29 is 46.9 Å². The monoisotopic (exact) mass is 1100 g/mol. The van der Waals surface area contributed by atoms with E-state index in [4.69, 9.17) is 37.3 Å². The fraction of sp³-hybridized carbons (Fsp3) is 0.477. The van der Waals surface area contributed by atoms with Crippen LogP contribution < -0.4 is 30.2 Å². The first-order valence-corrected chi connectivity index (χ1v) is 31.5. The molecule has 13 heteroatoms. The Morgan fingerprint density at radius 3 is 1.58 bits per heavy atom. The molecule has 8 atom stereocenters. The van der Waals surface area contributed by atoms with E-state index in [0.717, 1.165) is 12.0 Å². The van der Waals surface area contributed by atoms with E-state index < -0.39 is 34.8 Å². The summed E-state index contributed by atoms with van der Waals surface area (Å²) in [4.78, 5) is 25.7. The van der Waals surface area contributed by atoms with E-state index >= 15 is 0 Å². The maximum absolute atomic E-state index is 12.8. The molecule has 11 nitrogen and oxygen atoms in total. The smallest absolute Gasteiger partial charge is 0.302 e. The molecule has 5 rings (SSSR count). The summed E-state index contributed by atoms with van der Waals surface area (Å²) in [7, 11) is 0.657. The Balaban J connectivity index is 1.54. The molecule has 5 aromatic rings. The van der Waals surface area contributed by atoms with Crippen LogP contribution in [0.2, 0.25) is 10.1 Å². The summed E-state index contributed by atoms with van der Waals surface area (Å²) in [6.45, 7) is 24.7. The molecule has 0 aliphatic carbocycles. The number of hydrogen-bond donors (Lipinski definition) is 0. The highest BCUT2D eigenvalue weighted by Gasteiger charge is 2.54. The summed E-state index contributed by atoms with van der Waals surface area (Å²) in [5, 5.41) is 4.39. The van der Waals surface area contributed by atoms with Crippen LogP contribution in [-0.2, 0) is 44.0 Å². The highest BCUT2D eigenvalue weighted by Crippen LogP contribution is 2.41. The predicted octanol–water partition coefficient (Wildman–Crippen LogP) is 11.3. The molecule has 424 valence electrons. The van der Waals surface area contributed by atoms with E-state index in [2.05, 4.69) is 184 Å². The van der Waals surface area contributed by atoms with Gasteiger partial charge in [-0.15, -0.1) is 0 Å². The van der Waals surface area contributed by atoms with Crippen LogP contribution in [-0.4, -0.2) is 100 Å². The first-order valence-electron chi connectivity index (χ1n) is 27.7. The van der Waals surface area contributed by atoms with E-state index in [1.807, 2.05) is 38.3 Å². The van der Waals surface area contributed by atoms with Gasteiger partial charge in [0.1, 0.15) is 12.9 Å². The minimum Gasteiger partial charge on any atom is -0.493 e. The van der Waals surface area contributed by atoms with Crippen LogP contribution in [0.25, 0.3) is 0 Å². The zero-order valence-corrected chi connectivity index (χ0v) is 51.4. The molecule has 1 amide bonds. The van der Waals surface area contributed by atoms with Crippen LogP contribution in [0.4, 0.5) is 0 Å². The van der Waals surface area contributed by atoms with E-state index in [0.29, 0.717) is 37.4 Å². The Morgan fingerprint density at radius 1 is 0.628 bits per heavy atom. The normalized spacial score (nSPS) is 15.6. The van der Waals surface area contributed by atoms with Crippen LogP contribution in [0.15, 0.2) is 152 Å². The molecule has 5 aromatic carbocycles. The Bertz CT molecular complexity index is 2490. The summed E-state index contributed by atoms with van der Waals surface area (Å²) < 4.78 is 52.5. The number of ether oxygens (including phenoxy) is 6. The predicted molar refractivity (Wildman–Crippen MR) is 320 cm³/mol. The fourth-order valence-corrected chi connectivity index (χ4v) is 20.6. The lowest BCUT2D eigenvalue weighted by Crippen LogP contribution is -2.69. The molecule has 0 aromatic heterocycles. The molecule has 0 N–H and O–H groups in total. The molecule has 78 heavy (non-hydrogen) atoms. The molecule has 0 saturated heterocycles. The van der Waals surface area contributed by atoms with Gasteiger partial charge in [-0.3, -0.25) is 9.59 Å². The van der Waals surface area contributed by atoms with Gasteiger partial charge < -0.3 is 42.2 Å². The van der Waals surface area contributed by atoms with E-state index in [9.17, 15) is 9.59 Å². The van der Waals surface area contributed by atoms with Gasteiger partial charge in [-0.05, 0) is 73.7 Å². The number of nitrogens with zero attached hydrogens (tertiary/aromatic N) is 1. The second-order valence-electron chi connectivity index (χ2n) is 23.1. The molecule has 0 unspecified atom stereocenters. The molecule has 0 spiro atoms. The summed E-state index contributed by atoms with van der Waals surface area (Å²) in [6, 6.07) is 49.0. The topological polar surface area (TPSA) is 111 Å². The molecule has 0 radical (unpaired) electrons. The zero-order valence-electron chi connectivity index (χ0n) is 49.4. The van der Waals surface area contributed by atoms with Gasteiger partial charge in [0.25, 0.3) is 16.6 Å². The second-order valence-corrected chi connectivity index (χ2v) is 31.7. The summed E-state index contributed by atoms with van der Waals surface area (Å²) >= 11 is 0. The van der Waals surface area contributed by atoms with Gasteiger partial charge in [0.15, 0.2) is 11.5 Å². The van der Waals surface area contributed by atoms with Crippen molar-refractivity contribution in [3.8, 4) is 11.5 Å². The van der Waals surface area contributed by atoms with Crippen LogP contribution in [0.3, 0.4) is 0 Å². The lowest BCUT2D eigenvalue weighted by atomic mass is 9.84. The third kappa shape index (κ3) is 16.1. The average molecular weight is 1100 g/mol. The Kier molecular flexibility index (Phi) is 24.2. The number of rotatable bonds is 31. The maximum atomic E-state index is 12.8. The van der Waals surface area contributed by atoms with Crippen molar-refractivity contribution in [3.63, 3.8) is 0 Å². The van der Waals surface area contributed by atoms with Crippen molar-refractivity contribution in [1.29, 1.82) is 0 Å². The van der Waals surface area contributed by atoms with E-state index in [1.165, 1.54) is 32.6 Å². The number of benzene rings is 5. The molecule has 0 bridgehead atoms. The number of esters is 1. The first kappa shape index (κ1) is 63.4. The largest absolute Gasteiger partial charge is 0.493 e. The Morgan fingerprint density at radius 2 is 1.13 bits per heavy atom. The van der Waals surface area contributed by atoms with Crippen molar-refractivity contribution in [3.05, 3.63) is 157 Å². The number of amides is 1. The number of methoxy groups -OCH3 is 3. The van der Waals surface area contributed by atoms with Crippen molar-refractivity contribution in [2.45, 2.75) is 137 Å². The first-order chi connectivity index (χ1) is 37.2. The van der Waals surface area contributed by atoms with Gasteiger partial charge in [-0.2, -0.15) is 0 Å². The molecular formula is C65H91NO10Si2. The van der Waals surface area contributed by atoms with E-state index in [1.54, 1.807) is 27.5 Å². The summed E-state index contributed by atoms with van der Waals surface area (Å²) in [6.07, 6.45) is 4.74. The van der Waals surface area contributed by atoms with Gasteiger partial charge in [0.2, 0.25) is 6.41 Å². The quantitative estimate of drug-likeness (QED) is 0.0140. The number of carbonyl (C=O) groups excluding carboxylic acids is 2. The minimum absolute atomic E-state index is 0.00637. The Labute approximate surface area is 470 Å². The third-order valence-electron chi connectivity index (χ3n) is 15.5. The van der Waals surface area contributed by atoms with Crippen LogP contribution in [0.5, 0.6) is 11.5 Å². The molecule has 0 aliphatic heterocycles. The van der Waals surface area contributed by atoms with Crippen LogP contribution in [0, 0.1) is 23.7 Å². The number of hydrogen-bond acceptors (Lipinski definition) is 10. The van der Waals surface area contributed by atoms with Gasteiger partial charge in [-0.25, -0.2) is 0 Å².